The minimum absolute atomic E-state index is 0.0578. The van der Waals surface area contributed by atoms with Gasteiger partial charge in [0.25, 0.3) is 11.7 Å². The average molecular weight is 299 g/mol. The van der Waals surface area contributed by atoms with E-state index in [1.165, 1.54) is 0 Å². The van der Waals surface area contributed by atoms with Gasteiger partial charge in [-0.15, -0.1) is 0 Å². The minimum Gasteiger partial charge on any atom is -0.298 e. The maximum atomic E-state index is 12.6. The van der Waals surface area contributed by atoms with Gasteiger partial charge in [-0.3, -0.25) is 19.3 Å². The van der Waals surface area contributed by atoms with E-state index in [0.29, 0.717) is 12.5 Å². The maximum absolute atomic E-state index is 12.6. The summed E-state index contributed by atoms with van der Waals surface area (Å²) in [6, 6.07) is 2.50. The van der Waals surface area contributed by atoms with E-state index in [1.807, 2.05) is 0 Å². The Hall–Kier alpha value is -2.18. The number of hydrogen-bond acceptors (Lipinski definition) is 3. The van der Waals surface area contributed by atoms with Crippen molar-refractivity contribution in [1.29, 1.82) is 0 Å². The lowest BCUT2D eigenvalue weighted by molar-refractivity contribution is -0.137. The summed E-state index contributed by atoms with van der Waals surface area (Å²) in [5.41, 5.74) is -1.24. The molecule has 0 radical (unpaired) electrons. The Morgan fingerprint density at radius 2 is 1.90 bits per heavy atom. The van der Waals surface area contributed by atoms with Gasteiger partial charge in [0.1, 0.15) is 0 Å². The van der Waals surface area contributed by atoms with E-state index in [9.17, 15) is 27.6 Å². The van der Waals surface area contributed by atoms with Gasteiger partial charge < -0.3 is 0 Å². The second kappa shape index (κ2) is 5.31. The van der Waals surface area contributed by atoms with Gasteiger partial charge in [-0.1, -0.05) is 6.92 Å². The first-order chi connectivity index (χ1) is 9.75. The molecule has 0 unspecified atom stereocenters. The van der Waals surface area contributed by atoms with Crippen molar-refractivity contribution in [1.82, 2.24) is 0 Å². The maximum Gasteiger partial charge on any atom is 0.416 e. The number of rotatable bonds is 4. The lowest BCUT2D eigenvalue weighted by Gasteiger charge is -2.16. The molecule has 1 aromatic carbocycles. The molecular weight excluding hydrogens is 287 g/mol. The van der Waals surface area contributed by atoms with E-state index in [2.05, 4.69) is 0 Å². The van der Waals surface area contributed by atoms with E-state index >= 15 is 0 Å². The number of nitrogens with zero attached hydrogens (tertiary/aromatic N) is 1. The van der Waals surface area contributed by atoms with Gasteiger partial charge in [-0.2, -0.15) is 13.2 Å². The lowest BCUT2D eigenvalue weighted by Crippen LogP contribution is -2.34. The molecule has 0 bridgehead atoms. The molecule has 0 aliphatic carbocycles. The third-order valence-electron chi connectivity index (χ3n) is 3.16. The Labute approximate surface area is 118 Å². The van der Waals surface area contributed by atoms with Gasteiger partial charge in [0.15, 0.2) is 5.78 Å². The average Bonchev–Trinajstić information content (AvgIpc) is 2.63. The molecule has 1 aliphatic rings. The molecule has 0 saturated heterocycles. The Bertz CT molecular complexity index is 622. The van der Waals surface area contributed by atoms with E-state index in [0.717, 1.165) is 17.0 Å². The highest BCUT2D eigenvalue weighted by Gasteiger charge is 2.39. The fraction of sp³-hybridized carbons (Fsp3) is 0.357. The van der Waals surface area contributed by atoms with E-state index < -0.39 is 23.4 Å². The molecule has 21 heavy (non-hydrogen) atoms. The molecule has 0 spiro atoms. The summed E-state index contributed by atoms with van der Waals surface area (Å²) in [5.74, 6) is -2.22. The Morgan fingerprint density at radius 1 is 1.24 bits per heavy atom. The number of ketones is 2. The zero-order chi connectivity index (χ0) is 15.8. The quantitative estimate of drug-likeness (QED) is 0.803. The number of carbonyl (C=O) groups excluding carboxylic acids is 3. The molecule has 1 amide bonds. The van der Waals surface area contributed by atoms with Crippen molar-refractivity contribution in [3.8, 4) is 0 Å². The molecule has 0 saturated carbocycles. The SMILES string of the molecule is CCCC(=O)CN1C(=O)C(=O)c2cc(C(F)(F)F)ccc21. The van der Waals surface area contributed by atoms with Crippen LogP contribution in [0.3, 0.4) is 0 Å². The molecule has 7 heteroatoms. The van der Waals surface area contributed by atoms with E-state index in [1.54, 1.807) is 6.92 Å². The summed E-state index contributed by atoms with van der Waals surface area (Å²) in [6.45, 7) is 1.50. The fourth-order valence-corrected chi connectivity index (χ4v) is 2.17. The van der Waals surface area contributed by atoms with Crippen LogP contribution in [0.5, 0.6) is 0 Å². The summed E-state index contributed by atoms with van der Waals surface area (Å²) in [6.07, 6.45) is -3.76. The smallest absolute Gasteiger partial charge is 0.298 e. The number of halogens is 3. The van der Waals surface area contributed by atoms with Crippen LogP contribution in [0.25, 0.3) is 0 Å². The highest BCUT2D eigenvalue weighted by molar-refractivity contribution is 6.52. The van der Waals surface area contributed by atoms with Crippen LogP contribution in [0, 0.1) is 0 Å². The number of amides is 1. The number of benzene rings is 1. The molecule has 0 fully saturated rings. The molecule has 2 rings (SSSR count). The first-order valence-electron chi connectivity index (χ1n) is 6.35. The predicted octanol–water partition coefficient (Wildman–Crippen LogP) is 2.60. The molecule has 1 aromatic rings. The van der Waals surface area contributed by atoms with Crippen molar-refractivity contribution in [3.63, 3.8) is 0 Å². The zero-order valence-electron chi connectivity index (χ0n) is 11.2. The normalized spacial score (nSPS) is 14.6. The number of carbonyl (C=O) groups is 3. The van der Waals surface area contributed by atoms with Crippen LogP contribution in [0.2, 0.25) is 0 Å². The summed E-state index contributed by atoms with van der Waals surface area (Å²) in [7, 11) is 0. The van der Waals surface area contributed by atoms with Crippen molar-refractivity contribution < 1.29 is 27.6 Å². The van der Waals surface area contributed by atoms with Crippen LogP contribution in [-0.4, -0.2) is 24.0 Å². The van der Waals surface area contributed by atoms with Crippen LogP contribution in [0.1, 0.15) is 35.7 Å². The minimum atomic E-state index is -4.59. The summed E-state index contributed by atoms with van der Waals surface area (Å²) < 4.78 is 37.9. The van der Waals surface area contributed by atoms with Crippen LogP contribution in [-0.2, 0) is 15.8 Å². The van der Waals surface area contributed by atoms with Crippen molar-refractivity contribution in [2.75, 3.05) is 11.4 Å². The molecular formula is C14H12F3NO3. The van der Waals surface area contributed by atoms with Crippen molar-refractivity contribution in [3.05, 3.63) is 29.3 Å². The van der Waals surface area contributed by atoms with Crippen LogP contribution < -0.4 is 4.90 Å². The van der Waals surface area contributed by atoms with Gasteiger partial charge in [0, 0.05) is 6.42 Å². The number of alkyl halides is 3. The summed E-state index contributed by atoms with van der Waals surface area (Å²) in [5, 5.41) is 0. The van der Waals surface area contributed by atoms with Crippen molar-refractivity contribution in [2.45, 2.75) is 25.9 Å². The highest BCUT2D eigenvalue weighted by Crippen LogP contribution is 2.35. The molecule has 0 N–H and O–H groups in total. The zero-order valence-corrected chi connectivity index (χ0v) is 11.2. The first-order valence-corrected chi connectivity index (χ1v) is 6.35. The third kappa shape index (κ3) is 2.81. The first kappa shape index (κ1) is 15.2. The largest absolute Gasteiger partial charge is 0.416 e. The monoisotopic (exact) mass is 299 g/mol. The third-order valence-corrected chi connectivity index (χ3v) is 3.16. The van der Waals surface area contributed by atoms with Crippen molar-refractivity contribution in [2.24, 2.45) is 0 Å². The summed E-state index contributed by atoms with van der Waals surface area (Å²) in [4.78, 5) is 36.1. The Kier molecular flexibility index (Phi) is 3.85. The number of hydrogen-bond donors (Lipinski definition) is 0. The fourth-order valence-electron chi connectivity index (χ4n) is 2.17. The van der Waals surface area contributed by atoms with Crippen LogP contribution in [0.15, 0.2) is 18.2 Å². The van der Waals surface area contributed by atoms with Gasteiger partial charge in [-0.05, 0) is 24.6 Å². The molecule has 0 aromatic heterocycles. The summed E-state index contributed by atoms with van der Waals surface area (Å²) >= 11 is 0. The van der Waals surface area contributed by atoms with E-state index in [4.69, 9.17) is 0 Å². The molecule has 1 aliphatic heterocycles. The predicted molar refractivity (Wildman–Crippen MR) is 68.0 cm³/mol. The molecule has 0 atom stereocenters. The Morgan fingerprint density at radius 3 is 2.48 bits per heavy atom. The van der Waals surface area contributed by atoms with Gasteiger partial charge >= 0.3 is 6.18 Å². The molecule has 112 valence electrons. The van der Waals surface area contributed by atoms with Crippen molar-refractivity contribution >= 4 is 23.2 Å². The second-order valence-corrected chi connectivity index (χ2v) is 4.74. The number of fused-ring (bicyclic) bond motifs is 1. The second-order valence-electron chi connectivity index (χ2n) is 4.74. The molecule has 4 nitrogen and oxygen atoms in total. The number of anilines is 1. The standard InChI is InChI=1S/C14H12F3NO3/c1-2-3-9(19)7-18-11-5-4-8(14(15,16)17)6-10(11)12(20)13(18)21/h4-6H,2-3,7H2,1H3. The van der Waals surface area contributed by atoms with Gasteiger partial charge in [0.05, 0.1) is 23.4 Å². The van der Waals surface area contributed by atoms with Crippen LogP contribution in [0.4, 0.5) is 18.9 Å². The van der Waals surface area contributed by atoms with Gasteiger partial charge in [0.2, 0.25) is 0 Å². The topological polar surface area (TPSA) is 54.5 Å². The lowest BCUT2D eigenvalue weighted by atomic mass is 10.1. The van der Waals surface area contributed by atoms with Gasteiger partial charge in [-0.25, -0.2) is 0 Å². The number of Topliss-reactive ketones (excluding diaryl/α,β-unsaturated/α-hetero) is 2. The highest BCUT2D eigenvalue weighted by atomic mass is 19.4. The van der Waals surface area contributed by atoms with Crippen LogP contribution >= 0.6 is 0 Å². The Balaban J connectivity index is 2.37. The van der Waals surface area contributed by atoms with E-state index in [-0.39, 0.29) is 30.0 Å². The molecule has 1 heterocycles.